The zero-order valence-electron chi connectivity index (χ0n) is 9.52. The molecule has 15 heavy (non-hydrogen) atoms. The van der Waals surface area contributed by atoms with Crippen molar-refractivity contribution in [1.82, 2.24) is 0 Å². The molecule has 86 valence electrons. The molecule has 0 aromatic rings. The van der Waals surface area contributed by atoms with Gasteiger partial charge in [-0.3, -0.25) is 0 Å². The first-order valence-corrected chi connectivity index (χ1v) is 6.19. The highest BCUT2D eigenvalue weighted by Gasteiger charge is 2.44. The van der Waals surface area contributed by atoms with E-state index in [9.17, 15) is 10.2 Å². The lowest BCUT2D eigenvalue weighted by molar-refractivity contribution is 0.00163. The molecule has 2 heteroatoms. The number of hydrogen-bond acceptors (Lipinski definition) is 2. The molecule has 3 atom stereocenters. The molecular formula is C13H22O2. The second-order valence-electron chi connectivity index (χ2n) is 5.25. The SMILES string of the molecule is C[C@H](O)C1(C2C=C[C@@H](O)CC2)CCCC1. The molecule has 1 unspecified atom stereocenters. The van der Waals surface area contributed by atoms with Crippen LogP contribution in [0.5, 0.6) is 0 Å². The van der Waals surface area contributed by atoms with Crippen LogP contribution in [-0.2, 0) is 0 Å². The van der Waals surface area contributed by atoms with Crippen molar-refractivity contribution < 1.29 is 10.2 Å². The van der Waals surface area contributed by atoms with Crippen LogP contribution in [0.3, 0.4) is 0 Å². The number of rotatable bonds is 2. The lowest BCUT2D eigenvalue weighted by Crippen LogP contribution is -2.38. The number of hydrogen-bond donors (Lipinski definition) is 2. The predicted octanol–water partition coefficient (Wildman–Crippen LogP) is 2.25. The Bertz CT molecular complexity index is 239. The average Bonchev–Trinajstić information content (AvgIpc) is 2.69. The molecule has 0 saturated heterocycles. The van der Waals surface area contributed by atoms with E-state index in [2.05, 4.69) is 6.08 Å². The Morgan fingerprint density at radius 3 is 2.33 bits per heavy atom. The number of allylic oxidation sites excluding steroid dienone is 1. The predicted molar refractivity (Wildman–Crippen MR) is 60.5 cm³/mol. The van der Waals surface area contributed by atoms with Crippen molar-refractivity contribution in [3.63, 3.8) is 0 Å². The van der Waals surface area contributed by atoms with E-state index in [0.717, 1.165) is 25.7 Å². The first-order valence-electron chi connectivity index (χ1n) is 6.19. The van der Waals surface area contributed by atoms with Gasteiger partial charge in [0.15, 0.2) is 0 Å². The summed E-state index contributed by atoms with van der Waals surface area (Å²) in [6, 6.07) is 0. The molecule has 2 N–H and O–H groups in total. The fourth-order valence-corrected chi connectivity index (χ4v) is 3.42. The molecule has 2 aliphatic carbocycles. The Kier molecular flexibility index (Phi) is 3.17. The van der Waals surface area contributed by atoms with Crippen molar-refractivity contribution >= 4 is 0 Å². The Hall–Kier alpha value is -0.340. The van der Waals surface area contributed by atoms with Gasteiger partial charge in [-0.1, -0.05) is 25.0 Å². The standard InChI is InChI=1S/C13H22O2/c1-10(14)13(8-2-3-9-13)11-4-6-12(15)7-5-11/h4,6,10-12,14-15H,2-3,5,7-9H2,1H3/t10-,11?,12+/m0/s1. The Morgan fingerprint density at radius 2 is 1.87 bits per heavy atom. The van der Waals surface area contributed by atoms with Crippen molar-refractivity contribution in [2.75, 3.05) is 0 Å². The average molecular weight is 210 g/mol. The van der Waals surface area contributed by atoms with Gasteiger partial charge in [0.05, 0.1) is 12.2 Å². The Labute approximate surface area is 92.0 Å². The normalized spacial score (nSPS) is 36.7. The minimum absolute atomic E-state index is 0.108. The van der Waals surface area contributed by atoms with Crippen LogP contribution in [0.2, 0.25) is 0 Å². The Morgan fingerprint density at radius 1 is 1.20 bits per heavy atom. The van der Waals surface area contributed by atoms with Gasteiger partial charge in [0.1, 0.15) is 0 Å². The summed E-state index contributed by atoms with van der Waals surface area (Å²) < 4.78 is 0. The minimum atomic E-state index is -0.256. The summed E-state index contributed by atoms with van der Waals surface area (Å²) in [5, 5.41) is 19.5. The van der Waals surface area contributed by atoms with E-state index < -0.39 is 0 Å². The van der Waals surface area contributed by atoms with E-state index in [-0.39, 0.29) is 17.6 Å². The van der Waals surface area contributed by atoms with Gasteiger partial charge >= 0.3 is 0 Å². The lowest BCUT2D eigenvalue weighted by Gasteiger charge is -2.40. The van der Waals surface area contributed by atoms with Crippen LogP contribution < -0.4 is 0 Å². The van der Waals surface area contributed by atoms with Crippen LogP contribution in [-0.4, -0.2) is 22.4 Å². The molecule has 2 nitrogen and oxygen atoms in total. The molecule has 0 bridgehead atoms. The summed E-state index contributed by atoms with van der Waals surface area (Å²) in [6.45, 7) is 1.93. The summed E-state index contributed by atoms with van der Waals surface area (Å²) in [5.74, 6) is 0.475. The molecule has 1 saturated carbocycles. The highest BCUT2D eigenvalue weighted by atomic mass is 16.3. The second kappa shape index (κ2) is 4.26. The van der Waals surface area contributed by atoms with Crippen LogP contribution in [0.25, 0.3) is 0 Å². The maximum absolute atomic E-state index is 10.0. The molecule has 0 amide bonds. The van der Waals surface area contributed by atoms with E-state index >= 15 is 0 Å². The van der Waals surface area contributed by atoms with Crippen molar-refractivity contribution in [2.24, 2.45) is 11.3 Å². The van der Waals surface area contributed by atoms with Crippen LogP contribution >= 0.6 is 0 Å². The second-order valence-corrected chi connectivity index (χ2v) is 5.25. The molecule has 1 fully saturated rings. The third kappa shape index (κ3) is 1.98. The molecule has 2 rings (SSSR count). The summed E-state index contributed by atoms with van der Waals surface area (Å²) in [5.41, 5.74) is 0.108. The molecule has 0 spiro atoms. The van der Waals surface area contributed by atoms with Gasteiger partial charge in [-0.2, -0.15) is 0 Å². The summed E-state index contributed by atoms with van der Waals surface area (Å²) in [4.78, 5) is 0. The fourth-order valence-electron chi connectivity index (χ4n) is 3.42. The van der Waals surface area contributed by atoms with Gasteiger partial charge in [0.2, 0.25) is 0 Å². The number of aliphatic hydroxyl groups excluding tert-OH is 2. The van der Waals surface area contributed by atoms with E-state index in [1.54, 1.807) is 0 Å². The van der Waals surface area contributed by atoms with Crippen LogP contribution in [0.15, 0.2) is 12.2 Å². The molecule has 0 aromatic heterocycles. The highest BCUT2D eigenvalue weighted by molar-refractivity contribution is 5.07. The molecule has 2 aliphatic rings. The van der Waals surface area contributed by atoms with Crippen molar-refractivity contribution in [2.45, 2.75) is 57.7 Å². The Balaban J connectivity index is 2.15. The van der Waals surface area contributed by atoms with Gasteiger partial charge in [-0.15, -0.1) is 0 Å². The van der Waals surface area contributed by atoms with Gasteiger partial charge in [0, 0.05) is 5.41 Å². The van der Waals surface area contributed by atoms with E-state index in [1.165, 1.54) is 12.8 Å². The van der Waals surface area contributed by atoms with Crippen molar-refractivity contribution in [1.29, 1.82) is 0 Å². The smallest absolute Gasteiger partial charge is 0.0721 e. The van der Waals surface area contributed by atoms with Gasteiger partial charge in [-0.25, -0.2) is 0 Å². The first-order chi connectivity index (χ1) is 7.15. The first kappa shape index (κ1) is 11.2. The third-order valence-electron chi connectivity index (χ3n) is 4.44. The van der Waals surface area contributed by atoms with Gasteiger partial charge in [0.25, 0.3) is 0 Å². The minimum Gasteiger partial charge on any atom is -0.393 e. The molecule has 0 aliphatic heterocycles. The van der Waals surface area contributed by atoms with Crippen LogP contribution in [0, 0.1) is 11.3 Å². The van der Waals surface area contributed by atoms with Crippen molar-refractivity contribution in [3.8, 4) is 0 Å². The quantitative estimate of drug-likeness (QED) is 0.686. The monoisotopic (exact) mass is 210 g/mol. The highest BCUT2D eigenvalue weighted by Crippen LogP contribution is 2.50. The zero-order valence-corrected chi connectivity index (χ0v) is 9.52. The fraction of sp³-hybridized carbons (Fsp3) is 0.846. The van der Waals surface area contributed by atoms with Crippen LogP contribution in [0.1, 0.15) is 45.4 Å². The largest absolute Gasteiger partial charge is 0.393 e. The summed E-state index contributed by atoms with van der Waals surface area (Å²) >= 11 is 0. The van der Waals surface area contributed by atoms with E-state index in [0.29, 0.717) is 5.92 Å². The maximum Gasteiger partial charge on any atom is 0.0721 e. The summed E-state index contributed by atoms with van der Waals surface area (Å²) in [7, 11) is 0. The molecule has 0 radical (unpaired) electrons. The van der Waals surface area contributed by atoms with Crippen molar-refractivity contribution in [3.05, 3.63) is 12.2 Å². The molecule has 0 heterocycles. The van der Waals surface area contributed by atoms with Crippen LogP contribution in [0.4, 0.5) is 0 Å². The van der Waals surface area contributed by atoms with Gasteiger partial charge < -0.3 is 10.2 Å². The summed E-state index contributed by atoms with van der Waals surface area (Å²) in [6.07, 6.45) is 10.3. The maximum atomic E-state index is 10.0. The zero-order chi connectivity index (χ0) is 10.9. The van der Waals surface area contributed by atoms with E-state index in [4.69, 9.17) is 0 Å². The lowest BCUT2D eigenvalue weighted by atomic mass is 9.67. The topological polar surface area (TPSA) is 40.5 Å². The third-order valence-corrected chi connectivity index (χ3v) is 4.44. The number of aliphatic hydroxyl groups is 2. The van der Waals surface area contributed by atoms with Gasteiger partial charge in [-0.05, 0) is 38.5 Å². The molecule has 0 aromatic carbocycles. The van der Waals surface area contributed by atoms with E-state index in [1.807, 2.05) is 13.0 Å². The molecular weight excluding hydrogens is 188 g/mol.